The molecule has 4 nitrogen and oxygen atoms in total. The third-order valence-corrected chi connectivity index (χ3v) is 4.66. The number of halogens is 1. The Bertz CT molecular complexity index is 1150. The Morgan fingerprint density at radius 3 is 2.23 bits per heavy atom. The van der Waals surface area contributed by atoms with Crippen molar-refractivity contribution in [2.24, 2.45) is 0 Å². The van der Waals surface area contributed by atoms with E-state index < -0.39 is 0 Å². The zero-order chi connectivity index (χ0) is 20.8. The van der Waals surface area contributed by atoms with Crippen molar-refractivity contribution < 1.29 is 8.81 Å². The minimum absolute atomic E-state index is 0.245. The molecule has 148 valence electrons. The van der Waals surface area contributed by atoms with Gasteiger partial charge in [0.15, 0.2) is 0 Å². The van der Waals surface area contributed by atoms with E-state index in [1.54, 1.807) is 12.1 Å². The summed E-state index contributed by atoms with van der Waals surface area (Å²) in [7, 11) is 1.97. The lowest BCUT2D eigenvalue weighted by Crippen LogP contribution is -2.25. The van der Waals surface area contributed by atoms with Crippen molar-refractivity contribution in [2.75, 3.05) is 7.05 Å². The minimum atomic E-state index is -0.328. The number of hydrogen-bond acceptors (Lipinski definition) is 4. The van der Waals surface area contributed by atoms with Gasteiger partial charge in [0.1, 0.15) is 11.9 Å². The normalized spacial score (nSPS) is 11.7. The van der Waals surface area contributed by atoms with Gasteiger partial charge in [-0.3, -0.25) is 4.90 Å². The minimum Gasteiger partial charge on any atom is -0.412 e. The second-order valence-corrected chi connectivity index (χ2v) is 6.92. The summed E-state index contributed by atoms with van der Waals surface area (Å²) in [4.78, 5) is 2.09. The van der Waals surface area contributed by atoms with Crippen LogP contribution in [0.1, 0.15) is 34.5 Å². The first-order valence-corrected chi connectivity index (χ1v) is 9.59. The fourth-order valence-corrected chi connectivity index (χ4v) is 3.24. The summed E-state index contributed by atoms with van der Waals surface area (Å²) in [5, 5.41) is 8.33. The molecule has 0 N–H and O–H groups in total. The van der Waals surface area contributed by atoms with Gasteiger partial charge in [0, 0.05) is 12.1 Å². The number of benzene rings is 3. The molecule has 3 aromatic carbocycles. The smallest absolute Gasteiger partial charge is 0.294 e. The van der Waals surface area contributed by atoms with Crippen LogP contribution in [0.25, 0.3) is 0 Å². The van der Waals surface area contributed by atoms with Crippen LogP contribution in [0, 0.1) is 17.7 Å². The molecule has 4 aromatic rings. The lowest BCUT2D eigenvalue weighted by Gasteiger charge is -2.25. The summed E-state index contributed by atoms with van der Waals surface area (Å²) in [5.74, 6) is 6.31. The maximum absolute atomic E-state index is 13.5. The molecule has 1 aromatic heterocycles. The summed E-state index contributed by atoms with van der Waals surface area (Å²) in [5.41, 5.74) is 2.88. The second kappa shape index (κ2) is 9.17. The molecule has 1 atom stereocenters. The van der Waals surface area contributed by atoms with Gasteiger partial charge in [0.05, 0.1) is 0 Å². The van der Waals surface area contributed by atoms with Gasteiger partial charge in [-0.15, -0.1) is 5.10 Å². The van der Waals surface area contributed by atoms with Gasteiger partial charge in [-0.1, -0.05) is 71.7 Å². The van der Waals surface area contributed by atoms with Crippen LogP contribution in [0.3, 0.4) is 0 Å². The van der Waals surface area contributed by atoms with Gasteiger partial charge in [-0.05, 0) is 48.4 Å². The standard InChI is InChI=1S/C25H20FN3O/c1-29(18-20-10-6-3-7-11-20)24(21-13-15-22(26)16-14-21)25-28-27-23(30-25)17-12-19-8-4-2-5-9-19/h2-11,13-16,24H,18H2,1H3. The van der Waals surface area contributed by atoms with Crippen LogP contribution >= 0.6 is 0 Å². The molecule has 0 aliphatic carbocycles. The summed E-state index contributed by atoms with van der Waals surface area (Å²) in [6.07, 6.45) is 0. The molecule has 0 aliphatic heterocycles. The lowest BCUT2D eigenvalue weighted by molar-refractivity contribution is 0.233. The first-order chi connectivity index (χ1) is 14.7. The van der Waals surface area contributed by atoms with Crippen molar-refractivity contribution >= 4 is 0 Å². The van der Waals surface area contributed by atoms with Gasteiger partial charge >= 0.3 is 0 Å². The molecule has 0 fully saturated rings. The maximum atomic E-state index is 13.5. The zero-order valence-corrected chi connectivity index (χ0v) is 16.5. The average molecular weight is 397 g/mol. The molecular formula is C25H20FN3O. The largest absolute Gasteiger partial charge is 0.412 e. The zero-order valence-electron chi connectivity index (χ0n) is 16.5. The highest BCUT2D eigenvalue weighted by molar-refractivity contribution is 5.37. The molecule has 4 rings (SSSR count). The molecular weight excluding hydrogens is 377 g/mol. The summed E-state index contributed by atoms with van der Waals surface area (Å²) in [6, 6.07) is 25.7. The first kappa shape index (κ1) is 19.6. The highest BCUT2D eigenvalue weighted by Crippen LogP contribution is 2.28. The molecule has 0 saturated heterocycles. The predicted octanol–water partition coefficient (Wildman–Crippen LogP) is 4.83. The van der Waals surface area contributed by atoms with Gasteiger partial charge < -0.3 is 4.42 Å². The van der Waals surface area contributed by atoms with Crippen LogP contribution in [0.4, 0.5) is 4.39 Å². The van der Waals surface area contributed by atoms with Crippen molar-refractivity contribution in [2.45, 2.75) is 12.6 Å². The molecule has 0 radical (unpaired) electrons. The average Bonchev–Trinajstić information content (AvgIpc) is 3.24. The van der Waals surface area contributed by atoms with E-state index in [0.29, 0.717) is 12.4 Å². The topological polar surface area (TPSA) is 42.2 Å². The fourth-order valence-electron chi connectivity index (χ4n) is 3.24. The van der Waals surface area contributed by atoms with Crippen molar-refractivity contribution in [1.29, 1.82) is 0 Å². The Hall–Kier alpha value is -3.75. The van der Waals surface area contributed by atoms with Crippen LogP contribution < -0.4 is 0 Å². The Kier molecular flexibility index (Phi) is 5.98. The molecule has 30 heavy (non-hydrogen) atoms. The first-order valence-electron chi connectivity index (χ1n) is 9.59. The maximum Gasteiger partial charge on any atom is 0.294 e. The van der Waals surface area contributed by atoms with Crippen LogP contribution in [-0.4, -0.2) is 22.1 Å². The van der Waals surface area contributed by atoms with Crippen molar-refractivity contribution in [3.8, 4) is 11.8 Å². The van der Waals surface area contributed by atoms with E-state index in [2.05, 4.69) is 39.1 Å². The van der Waals surface area contributed by atoms with Gasteiger partial charge in [-0.25, -0.2) is 4.39 Å². The number of hydrogen-bond donors (Lipinski definition) is 0. The van der Waals surface area contributed by atoms with Crippen molar-refractivity contribution in [3.05, 3.63) is 119 Å². The van der Waals surface area contributed by atoms with E-state index in [1.807, 2.05) is 55.6 Å². The van der Waals surface area contributed by atoms with E-state index in [4.69, 9.17) is 4.42 Å². The van der Waals surface area contributed by atoms with Crippen molar-refractivity contribution in [1.82, 2.24) is 15.1 Å². The molecule has 0 bridgehead atoms. The van der Waals surface area contributed by atoms with Crippen LogP contribution in [0.2, 0.25) is 0 Å². The van der Waals surface area contributed by atoms with Crippen molar-refractivity contribution in [3.63, 3.8) is 0 Å². The SMILES string of the molecule is CN(Cc1ccccc1)C(c1ccc(F)cc1)c1nnc(C#Cc2ccccc2)o1. The molecule has 0 spiro atoms. The molecule has 1 unspecified atom stereocenters. The summed E-state index contributed by atoms with van der Waals surface area (Å²) >= 11 is 0. The fraction of sp³-hybridized carbons (Fsp3) is 0.120. The highest BCUT2D eigenvalue weighted by atomic mass is 19.1. The third kappa shape index (κ3) is 4.80. The Labute approximate surface area is 175 Å². The van der Waals surface area contributed by atoms with E-state index in [-0.39, 0.29) is 17.7 Å². The van der Waals surface area contributed by atoms with E-state index in [0.717, 1.165) is 16.7 Å². The van der Waals surface area contributed by atoms with Gasteiger partial charge in [0.25, 0.3) is 5.89 Å². The number of nitrogens with zero attached hydrogens (tertiary/aromatic N) is 3. The monoisotopic (exact) mass is 397 g/mol. The molecule has 0 saturated carbocycles. The Morgan fingerprint density at radius 2 is 1.53 bits per heavy atom. The lowest BCUT2D eigenvalue weighted by atomic mass is 10.0. The van der Waals surface area contributed by atoms with E-state index in [9.17, 15) is 4.39 Å². The molecule has 0 aliphatic rings. The highest BCUT2D eigenvalue weighted by Gasteiger charge is 2.25. The van der Waals surface area contributed by atoms with E-state index >= 15 is 0 Å². The van der Waals surface area contributed by atoms with Gasteiger partial charge in [-0.2, -0.15) is 0 Å². The molecule has 0 amide bonds. The van der Waals surface area contributed by atoms with Crippen LogP contribution in [0.5, 0.6) is 0 Å². The van der Waals surface area contributed by atoms with Gasteiger partial charge in [0.2, 0.25) is 5.89 Å². The second-order valence-electron chi connectivity index (χ2n) is 6.92. The summed E-state index contributed by atoms with van der Waals surface area (Å²) in [6.45, 7) is 0.663. The van der Waals surface area contributed by atoms with E-state index in [1.165, 1.54) is 12.1 Å². The number of aromatic nitrogens is 2. The van der Waals surface area contributed by atoms with Crippen LogP contribution in [-0.2, 0) is 6.54 Å². The molecule has 5 heteroatoms. The van der Waals surface area contributed by atoms with Crippen LogP contribution in [0.15, 0.2) is 89.3 Å². The number of rotatable bonds is 5. The Balaban J connectivity index is 1.63. The predicted molar refractivity (Wildman–Crippen MR) is 113 cm³/mol. The molecule has 1 heterocycles. The Morgan fingerprint density at radius 1 is 0.867 bits per heavy atom. The third-order valence-electron chi connectivity index (χ3n) is 4.66. The quantitative estimate of drug-likeness (QED) is 0.453. The summed E-state index contributed by atoms with van der Waals surface area (Å²) < 4.78 is 19.4.